The average Bonchev–Trinajstić information content (AvgIpc) is 3.12. The molecule has 0 bridgehead atoms. The molecule has 0 amide bonds. The number of hydrogen-bond donors (Lipinski definition) is 0. The molecule has 1 heterocycles. The first-order valence-electron chi connectivity index (χ1n) is 5.81. The van der Waals surface area contributed by atoms with Crippen LogP contribution in [-0.2, 0) is 0 Å². The molecule has 16 heavy (non-hydrogen) atoms. The molecule has 4 nitrogen and oxygen atoms in total. The summed E-state index contributed by atoms with van der Waals surface area (Å²) in [5.41, 5.74) is 0.446. The van der Waals surface area contributed by atoms with Gasteiger partial charge < -0.3 is 4.90 Å². The topological polar surface area (TPSA) is 52.8 Å². The lowest BCUT2D eigenvalue weighted by molar-refractivity contribution is 0.687. The van der Waals surface area contributed by atoms with Gasteiger partial charge in [0.2, 0.25) is 5.95 Å². The SMILES string of the molecule is CCCN(CC1CC1)c1nccc(C#N)n1. The Morgan fingerprint density at radius 3 is 3.00 bits per heavy atom. The van der Waals surface area contributed by atoms with E-state index in [1.165, 1.54) is 12.8 Å². The van der Waals surface area contributed by atoms with Crippen molar-refractivity contribution in [1.82, 2.24) is 9.97 Å². The molecule has 84 valence electrons. The van der Waals surface area contributed by atoms with E-state index in [0.29, 0.717) is 11.6 Å². The lowest BCUT2D eigenvalue weighted by Crippen LogP contribution is -2.28. The van der Waals surface area contributed by atoms with Gasteiger partial charge in [-0.3, -0.25) is 0 Å². The highest BCUT2D eigenvalue weighted by molar-refractivity contribution is 5.33. The van der Waals surface area contributed by atoms with E-state index in [0.717, 1.165) is 25.4 Å². The third-order valence-corrected chi connectivity index (χ3v) is 2.71. The second kappa shape index (κ2) is 4.93. The zero-order chi connectivity index (χ0) is 11.4. The monoisotopic (exact) mass is 216 g/mol. The van der Waals surface area contributed by atoms with E-state index in [1.54, 1.807) is 12.3 Å². The summed E-state index contributed by atoms with van der Waals surface area (Å²) in [5.74, 6) is 1.51. The molecule has 1 fully saturated rings. The van der Waals surface area contributed by atoms with Crippen molar-refractivity contribution in [2.45, 2.75) is 26.2 Å². The van der Waals surface area contributed by atoms with Gasteiger partial charge in [0.25, 0.3) is 0 Å². The van der Waals surface area contributed by atoms with Crippen molar-refractivity contribution in [3.8, 4) is 6.07 Å². The molecule has 4 heteroatoms. The Morgan fingerprint density at radius 2 is 2.38 bits per heavy atom. The van der Waals surface area contributed by atoms with Gasteiger partial charge in [0, 0.05) is 19.3 Å². The largest absolute Gasteiger partial charge is 0.341 e. The molecule has 0 saturated heterocycles. The van der Waals surface area contributed by atoms with Crippen LogP contribution in [0.4, 0.5) is 5.95 Å². The molecule has 0 radical (unpaired) electrons. The first-order valence-corrected chi connectivity index (χ1v) is 5.81. The number of anilines is 1. The van der Waals surface area contributed by atoms with Crippen molar-refractivity contribution < 1.29 is 0 Å². The first kappa shape index (κ1) is 10.9. The molecule has 0 aliphatic heterocycles. The van der Waals surface area contributed by atoms with Gasteiger partial charge in [-0.05, 0) is 31.2 Å². The van der Waals surface area contributed by atoms with E-state index < -0.39 is 0 Å². The Balaban J connectivity index is 2.12. The van der Waals surface area contributed by atoms with Crippen LogP contribution in [0.5, 0.6) is 0 Å². The molecule has 0 spiro atoms. The molecule has 1 aliphatic carbocycles. The summed E-state index contributed by atoms with van der Waals surface area (Å²) >= 11 is 0. The maximum absolute atomic E-state index is 8.81. The number of aromatic nitrogens is 2. The normalized spacial score (nSPS) is 14.5. The van der Waals surface area contributed by atoms with E-state index in [1.807, 2.05) is 0 Å². The summed E-state index contributed by atoms with van der Waals surface area (Å²) in [5, 5.41) is 8.81. The van der Waals surface area contributed by atoms with Crippen LogP contribution >= 0.6 is 0 Å². The lowest BCUT2D eigenvalue weighted by Gasteiger charge is -2.21. The molecule has 1 saturated carbocycles. The molecule has 2 rings (SSSR count). The summed E-state index contributed by atoms with van der Waals surface area (Å²) in [7, 11) is 0. The molecule has 1 aromatic rings. The smallest absolute Gasteiger partial charge is 0.226 e. The maximum Gasteiger partial charge on any atom is 0.226 e. The third-order valence-electron chi connectivity index (χ3n) is 2.71. The second-order valence-corrected chi connectivity index (χ2v) is 4.24. The Labute approximate surface area is 95.9 Å². The fraction of sp³-hybridized carbons (Fsp3) is 0.583. The van der Waals surface area contributed by atoms with Gasteiger partial charge in [-0.15, -0.1) is 0 Å². The minimum absolute atomic E-state index is 0.446. The van der Waals surface area contributed by atoms with Gasteiger partial charge in [0.1, 0.15) is 11.8 Å². The molecule has 0 N–H and O–H groups in total. The van der Waals surface area contributed by atoms with E-state index in [-0.39, 0.29) is 0 Å². The van der Waals surface area contributed by atoms with Crippen LogP contribution in [0.15, 0.2) is 12.3 Å². The fourth-order valence-electron chi connectivity index (χ4n) is 1.72. The van der Waals surface area contributed by atoms with Gasteiger partial charge in [0.15, 0.2) is 0 Å². The van der Waals surface area contributed by atoms with E-state index in [4.69, 9.17) is 5.26 Å². The molecule has 0 unspecified atom stereocenters. The minimum Gasteiger partial charge on any atom is -0.341 e. The van der Waals surface area contributed by atoms with Gasteiger partial charge in [0.05, 0.1) is 0 Å². The van der Waals surface area contributed by atoms with Crippen molar-refractivity contribution in [2.24, 2.45) is 5.92 Å². The predicted molar refractivity (Wildman–Crippen MR) is 62.0 cm³/mol. The molecule has 1 aliphatic rings. The number of hydrogen-bond acceptors (Lipinski definition) is 4. The molecule has 0 atom stereocenters. The minimum atomic E-state index is 0.446. The molecular formula is C12H16N4. The van der Waals surface area contributed by atoms with Crippen molar-refractivity contribution in [2.75, 3.05) is 18.0 Å². The predicted octanol–water partition coefficient (Wildman–Crippen LogP) is 1.97. The Bertz CT molecular complexity index is 392. The van der Waals surface area contributed by atoms with E-state index in [2.05, 4.69) is 27.9 Å². The number of rotatable bonds is 5. The summed E-state index contributed by atoms with van der Waals surface area (Å²) in [6.07, 6.45) is 5.37. The number of nitriles is 1. The Hall–Kier alpha value is -1.63. The third kappa shape index (κ3) is 2.69. The molecular weight excluding hydrogens is 200 g/mol. The first-order chi connectivity index (χ1) is 7.83. The highest BCUT2D eigenvalue weighted by atomic mass is 15.2. The highest BCUT2D eigenvalue weighted by Gasteiger charge is 2.25. The Kier molecular flexibility index (Phi) is 3.35. The fourth-order valence-corrected chi connectivity index (χ4v) is 1.72. The quantitative estimate of drug-likeness (QED) is 0.755. The van der Waals surface area contributed by atoms with Crippen LogP contribution in [0, 0.1) is 17.2 Å². The molecule has 0 aromatic carbocycles. The molecule has 1 aromatic heterocycles. The maximum atomic E-state index is 8.81. The van der Waals surface area contributed by atoms with E-state index in [9.17, 15) is 0 Å². The zero-order valence-electron chi connectivity index (χ0n) is 9.56. The Morgan fingerprint density at radius 1 is 1.56 bits per heavy atom. The standard InChI is InChI=1S/C12H16N4/c1-2-7-16(9-10-3-4-10)12-14-6-5-11(8-13)15-12/h5-6,10H,2-4,7,9H2,1H3. The zero-order valence-corrected chi connectivity index (χ0v) is 9.56. The summed E-state index contributed by atoms with van der Waals surface area (Å²) < 4.78 is 0. The van der Waals surface area contributed by atoms with Crippen LogP contribution in [0.3, 0.4) is 0 Å². The van der Waals surface area contributed by atoms with Crippen LogP contribution in [0.2, 0.25) is 0 Å². The van der Waals surface area contributed by atoms with Crippen LogP contribution in [0.1, 0.15) is 31.9 Å². The van der Waals surface area contributed by atoms with Crippen molar-refractivity contribution in [1.29, 1.82) is 5.26 Å². The lowest BCUT2D eigenvalue weighted by atomic mass is 10.3. The van der Waals surface area contributed by atoms with Gasteiger partial charge in [-0.25, -0.2) is 9.97 Å². The van der Waals surface area contributed by atoms with Gasteiger partial charge in [-0.2, -0.15) is 5.26 Å². The van der Waals surface area contributed by atoms with Crippen LogP contribution in [-0.4, -0.2) is 23.1 Å². The van der Waals surface area contributed by atoms with Crippen LogP contribution < -0.4 is 4.90 Å². The second-order valence-electron chi connectivity index (χ2n) is 4.24. The summed E-state index contributed by atoms with van der Waals surface area (Å²) in [6, 6.07) is 3.70. The average molecular weight is 216 g/mol. The van der Waals surface area contributed by atoms with Crippen LogP contribution in [0.25, 0.3) is 0 Å². The summed E-state index contributed by atoms with van der Waals surface area (Å²) in [6.45, 7) is 4.14. The van der Waals surface area contributed by atoms with Crippen molar-refractivity contribution >= 4 is 5.95 Å². The number of nitrogens with zero attached hydrogens (tertiary/aromatic N) is 4. The van der Waals surface area contributed by atoms with Gasteiger partial charge >= 0.3 is 0 Å². The highest BCUT2D eigenvalue weighted by Crippen LogP contribution is 2.30. The van der Waals surface area contributed by atoms with Crippen molar-refractivity contribution in [3.63, 3.8) is 0 Å². The summed E-state index contributed by atoms with van der Waals surface area (Å²) in [4.78, 5) is 10.7. The van der Waals surface area contributed by atoms with Crippen molar-refractivity contribution in [3.05, 3.63) is 18.0 Å². The van der Waals surface area contributed by atoms with E-state index >= 15 is 0 Å². The van der Waals surface area contributed by atoms with Gasteiger partial charge in [-0.1, -0.05) is 6.92 Å².